The predicted octanol–water partition coefficient (Wildman–Crippen LogP) is 3.61. The summed E-state index contributed by atoms with van der Waals surface area (Å²) in [5.41, 5.74) is 4.34. The van der Waals surface area contributed by atoms with Crippen molar-refractivity contribution in [1.82, 2.24) is 29.9 Å². The van der Waals surface area contributed by atoms with E-state index in [0.29, 0.717) is 23.9 Å². The van der Waals surface area contributed by atoms with Gasteiger partial charge in [0.2, 0.25) is 0 Å². The highest BCUT2D eigenvalue weighted by molar-refractivity contribution is 6.29. The summed E-state index contributed by atoms with van der Waals surface area (Å²) in [5, 5.41) is 11.8. The maximum atomic E-state index is 12.8. The van der Waals surface area contributed by atoms with Gasteiger partial charge in [0.15, 0.2) is 0 Å². The Bertz CT molecular complexity index is 1010. The van der Waals surface area contributed by atoms with E-state index in [4.69, 9.17) is 11.6 Å². The molecule has 1 atom stereocenters. The van der Waals surface area contributed by atoms with E-state index in [2.05, 4.69) is 40.2 Å². The highest BCUT2D eigenvalue weighted by Crippen LogP contribution is 2.31. The maximum absolute atomic E-state index is 12.8. The summed E-state index contributed by atoms with van der Waals surface area (Å²) < 4.78 is 1.76. The first-order chi connectivity index (χ1) is 13.4. The Kier molecular flexibility index (Phi) is 4.93. The first kappa shape index (κ1) is 18.7. The van der Waals surface area contributed by atoms with Gasteiger partial charge in [0.05, 0.1) is 11.9 Å². The van der Waals surface area contributed by atoms with Gasteiger partial charge in [0.1, 0.15) is 10.8 Å². The molecule has 1 unspecified atom stereocenters. The number of carbonyl (C=O) groups excluding carboxylic acids is 1. The maximum Gasteiger partial charge on any atom is 0.271 e. The van der Waals surface area contributed by atoms with Crippen LogP contribution in [0.2, 0.25) is 5.15 Å². The third-order valence-corrected chi connectivity index (χ3v) is 5.36. The Morgan fingerprint density at radius 2 is 2.11 bits per heavy atom. The van der Waals surface area contributed by atoms with E-state index in [1.54, 1.807) is 4.68 Å². The molecule has 0 saturated carbocycles. The van der Waals surface area contributed by atoms with Gasteiger partial charge in [0.25, 0.3) is 5.91 Å². The molecule has 8 heteroatoms. The molecular formula is C20H23ClN6O. The second kappa shape index (κ2) is 7.39. The molecule has 1 N–H and O–H groups in total. The van der Waals surface area contributed by atoms with E-state index in [9.17, 15) is 4.79 Å². The Labute approximate surface area is 168 Å². The zero-order valence-corrected chi connectivity index (χ0v) is 16.9. The summed E-state index contributed by atoms with van der Waals surface area (Å²) >= 11 is 6.28. The Balaban J connectivity index is 1.52. The highest BCUT2D eigenvalue weighted by atomic mass is 35.5. The smallest absolute Gasteiger partial charge is 0.271 e. The van der Waals surface area contributed by atoms with Gasteiger partial charge in [-0.15, -0.1) is 0 Å². The zero-order valence-electron chi connectivity index (χ0n) is 16.2. The zero-order chi connectivity index (χ0) is 19.8. The second-order valence-electron chi connectivity index (χ2n) is 7.60. The summed E-state index contributed by atoms with van der Waals surface area (Å²) in [5.74, 6) is 0.424. The fourth-order valence-corrected chi connectivity index (χ4v) is 3.78. The number of aromatic nitrogens is 5. The van der Waals surface area contributed by atoms with E-state index in [-0.39, 0.29) is 17.7 Å². The van der Waals surface area contributed by atoms with Crippen LogP contribution >= 0.6 is 11.6 Å². The van der Waals surface area contributed by atoms with Crippen molar-refractivity contribution in [2.24, 2.45) is 7.05 Å². The number of nitrogens with zero attached hydrogens (tertiary/aromatic N) is 5. The van der Waals surface area contributed by atoms with Gasteiger partial charge in [-0.3, -0.25) is 14.6 Å². The standard InChI is InChI=1S/C20H23ClN6O/c1-12(2)16-8-18(25-24-16)20(28)27-5-4-13(11-27)17-6-14(7-19(21)23-17)15-9-22-26(3)10-15/h6-10,12-13H,4-5,11H2,1-3H3,(H,24,25). The number of carbonyl (C=O) groups is 1. The van der Waals surface area contributed by atoms with Crippen LogP contribution in [0.1, 0.15) is 54.0 Å². The molecule has 0 aromatic carbocycles. The summed E-state index contributed by atoms with van der Waals surface area (Å²) in [6.45, 7) is 5.42. The second-order valence-corrected chi connectivity index (χ2v) is 7.99. The van der Waals surface area contributed by atoms with Crippen molar-refractivity contribution in [2.75, 3.05) is 13.1 Å². The fourth-order valence-electron chi connectivity index (χ4n) is 3.56. The quantitative estimate of drug-likeness (QED) is 0.681. The lowest BCUT2D eigenvalue weighted by atomic mass is 10.0. The molecule has 1 saturated heterocycles. The van der Waals surface area contributed by atoms with Crippen molar-refractivity contribution in [3.05, 3.63) is 52.8 Å². The number of likely N-dealkylation sites (tertiary alicyclic amines) is 1. The van der Waals surface area contributed by atoms with Crippen molar-refractivity contribution in [3.63, 3.8) is 0 Å². The van der Waals surface area contributed by atoms with Crippen molar-refractivity contribution in [1.29, 1.82) is 0 Å². The summed E-state index contributed by atoms with van der Waals surface area (Å²) in [4.78, 5) is 19.2. The minimum absolute atomic E-state index is 0.0172. The van der Waals surface area contributed by atoms with Crippen LogP contribution in [-0.2, 0) is 7.05 Å². The van der Waals surface area contributed by atoms with Gasteiger partial charge in [-0.05, 0) is 36.1 Å². The van der Waals surface area contributed by atoms with Gasteiger partial charge >= 0.3 is 0 Å². The molecule has 146 valence electrons. The summed E-state index contributed by atoms with van der Waals surface area (Å²) in [6.07, 6.45) is 4.62. The number of rotatable bonds is 4. The number of aryl methyl sites for hydroxylation is 1. The summed E-state index contributed by atoms with van der Waals surface area (Å²) in [7, 11) is 1.88. The van der Waals surface area contributed by atoms with Crippen LogP contribution in [0.3, 0.4) is 0 Å². The fraction of sp³-hybridized carbons (Fsp3) is 0.400. The first-order valence-electron chi connectivity index (χ1n) is 9.42. The number of hydrogen-bond acceptors (Lipinski definition) is 4. The van der Waals surface area contributed by atoms with Gasteiger partial charge in [-0.25, -0.2) is 4.98 Å². The Morgan fingerprint density at radius 1 is 1.29 bits per heavy atom. The molecule has 4 heterocycles. The third kappa shape index (κ3) is 3.67. The van der Waals surface area contributed by atoms with Gasteiger partial charge < -0.3 is 4.90 Å². The van der Waals surface area contributed by atoms with Crippen LogP contribution in [0.15, 0.2) is 30.6 Å². The van der Waals surface area contributed by atoms with Gasteiger partial charge in [-0.1, -0.05) is 25.4 Å². The first-order valence-corrected chi connectivity index (χ1v) is 9.79. The number of hydrogen-bond donors (Lipinski definition) is 1. The van der Waals surface area contributed by atoms with Crippen LogP contribution in [-0.4, -0.2) is 48.9 Å². The molecule has 1 amide bonds. The van der Waals surface area contributed by atoms with Crippen molar-refractivity contribution in [2.45, 2.75) is 32.1 Å². The number of amides is 1. The molecular weight excluding hydrogens is 376 g/mol. The number of halogens is 1. The van der Waals surface area contributed by atoms with Crippen LogP contribution in [0.4, 0.5) is 0 Å². The number of nitrogens with one attached hydrogen (secondary N) is 1. The molecule has 4 rings (SSSR count). The van der Waals surface area contributed by atoms with Crippen LogP contribution in [0.25, 0.3) is 11.1 Å². The van der Waals surface area contributed by atoms with Gasteiger partial charge in [-0.2, -0.15) is 10.2 Å². The predicted molar refractivity (Wildman–Crippen MR) is 107 cm³/mol. The average Bonchev–Trinajstić information content (AvgIpc) is 3.40. The highest BCUT2D eigenvalue weighted by Gasteiger charge is 2.30. The largest absolute Gasteiger partial charge is 0.337 e. The molecule has 0 spiro atoms. The Hall–Kier alpha value is -2.67. The molecule has 3 aromatic rings. The molecule has 7 nitrogen and oxygen atoms in total. The molecule has 28 heavy (non-hydrogen) atoms. The average molecular weight is 399 g/mol. The third-order valence-electron chi connectivity index (χ3n) is 5.17. The summed E-state index contributed by atoms with van der Waals surface area (Å²) in [6, 6.07) is 5.74. The lowest BCUT2D eigenvalue weighted by molar-refractivity contribution is 0.0785. The monoisotopic (exact) mass is 398 g/mol. The number of aromatic amines is 1. The van der Waals surface area contributed by atoms with E-state index < -0.39 is 0 Å². The van der Waals surface area contributed by atoms with E-state index in [1.165, 1.54) is 0 Å². The molecule has 1 aliphatic rings. The van der Waals surface area contributed by atoms with Gasteiger partial charge in [0, 0.05) is 43.5 Å². The molecule has 3 aromatic heterocycles. The molecule has 0 aliphatic carbocycles. The van der Waals surface area contributed by atoms with Crippen LogP contribution in [0, 0.1) is 0 Å². The van der Waals surface area contributed by atoms with Crippen molar-refractivity contribution in [3.8, 4) is 11.1 Å². The lowest BCUT2D eigenvalue weighted by Crippen LogP contribution is -2.28. The molecule has 0 bridgehead atoms. The van der Waals surface area contributed by atoms with Crippen LogP contribution in [0.5, 0.6) is 0 Å². The lowest BCUT2D eigenvalue weighted by Gasteiger charge is -2.16. The normalized spacial score (nSPS) is 16.9. The minimum Gasteiger partial charge on any atom is -0.337 e. The van der Waals surface area contributed by atoms with Crippen LogP contribution < -0.4 is 0 Å². The van der Waals surface area contributed by atoms with E-state index >= 15 is 0 Å². The van der Waals surface area contributed by atoms with Crippen molar-refractivity contribution >= 4 is 17.5 Å². The minimum atomic E-state index is -0.0172. The molecule has 1 aliphatic heterocycles. The number of pyridine rings is 1. The molecule has 1 fully saturated rings. The number of H-pyrrole nitrogens is 1. The van der Waals surface area contributed by atoms with E-state index in [1.807, 2.05) is 36.5 Å². The Morgan fingerprint density at radius 3 is 2.79 bits per heavy atom. The van der Waals surface area contributed by atoms with E-state index in [0.717, 1.165) is 28.9 Å². The molecule has 0 radical (unpaired) electrons. The van der Waals surface area contributed by atoms with Crippen molar-refractivity contribution < 1.29 is 4.79 Å². The SMILES string of the molecule is CC(C)c1cc(C(=O)N2CCC(c3cc(-c4cnn(C)c4)cc(Cl)n3)C2)[nH]n1. The topological polar surface area (TPSA) is 79.7 Å².